The average molecular weight is 261 g/mol. The van der Waals surface area contributed by atoms with Crippen molar-refractivity contribution in [3.05, 3.63) is 24.0 Å². The molecule has 2 aliphatic rings. The summed E-state index contributed by atoms with van der Waals surface area (Å²) in [6, 6.07) is 2.32. The number of aryl methyl sites for hydroxylation is 1. The molecule has 1 aromatic rings. The molecule has 2 aliphatic heterocycles. The molecule has 1 N–H and O–H groups in total. The first kappa shape index (κ1) is 12.3. The first-order valence-corrected chi connectivity index (χ1v) is 6.87. The molecule has 2 saturated heterocycles. The van der Waals surface area contributed by atoms with Crippen molar-refractivity contribution in [1.82, 2.24) is 9.88 Å². The zero-order valence-corrected chi connectivity index (χ0v) is 11.1. The third-order valence-corrected chi connectivity index (χ3v) is 4.35. The van der Waals surface area contributed by atoms with Crippen molar-refractivity contribution < 1.29 is 9.90 Å². The van der Waals surface area contributed by atoms with Gasteiger partial charge in [-0.25, -0.2) is 4.79 Å². The largest absolute Gasteiger partial charge is 0.465 e. The van der Waals surface area contributed by atoms with Crippen molar-refractivity contribution in [2.45, 2.75) is 25.8 Å². The minimum Gasteiger partial charge on any atom is -0.465 e. The zero-order chi connectivity index (χ0) is 13.4. The Kier molecular flexibility index (Phi) is 3.05. The summed E-state index contributed by atoms with van der Waals surface area (Å²) in [5.41, 5.74) is 2.35. The second kappa shape index (κ2) is 4.72. The van der Waals surface area contributed by atoms with Crippen LogP contribution in [0.25, 0.3) is 0 Å². The van der Waals surface area contributed by atoms with Gasteiger partial charge in [-0.05, 0) is 24.5 Å². The molecule has 5 nitrogen and oxygen atoms in total. The van der Waals surface area contributed by atoms with E-state index in [2.05, 4.69) is 22.9 Å². The summed E-state index contributed by atoms with van der Waals surface area (Å²) in [5, 5.41) is 9.19. The summed E-state index contributed by atoms with van der Waals surface area (Å²) < 4.78 is 0. The van der Waals surface area contributed by atoms with E-state index in [4.69, 9.17) is 0 Å². The third-order valence-electron chi connectivity index (χ3n) is 4.35. The molecule has 3 heterocycles. The Morgan fingerprint density at radius 1 is 1.47 bits per heavy atom. The molecular weight excluding hydrogens is 242 g/mol. The van der Waals surface area contributed by atoms with Crippen molar-refractivity contribution in [3.63, 3.8) is 0 Å². The molecule has 0 bridgehead atoms. The molecule has 0 spiro atoms. The zero-order valence-electron chi connectivity index (χ0n) is 11.1. The van der Waals surface area contributed by atoms with Crippen LogP contribution in [0.4, 0.5) is 10.5 Å². The number of fused-ring (bicyclic) bond motifs is 1. The minimum atomic E-state index is -0.783. The molecule has 2 fully saturated rings. The maximum absolute atomic E-state index is 11.2. The topological polar surface area (TPSA) is 56.7 Å². The number of pyridine rings is 1. The van der Waals surface area contributed by atoms with Crippen molar-refractivity contribution in [2.24, 2.45) is 5.92 Å². The van der Waals surface area contributed by atoms with Crippen LogP contribution in [0.2, 0.25) is 0 Å². The SMILES string of the molecule is CCc1cncc(N2C[C@H]3CCN(C(=O)O)[C@H]3C2)c1. The molecule has 19 heavy (non-hydrogen) atoms. The Morgan fingerprint density at radius 2 is 2.32 bits per heavy atom. The van der Waals surface area contributed by atoms with Gasteiger partial charge in [0.15, 0.2) is 0 Å². The number of anilines is 1. The number of hydrogen-bond acceptors (Lipinski definition) is 3. The van der Waals surface area contributed by atoms with Crippen molar-refractivity contribution in [3.8, 4) is 0 Å². The fourth-order valence-electron chi connectivity index (χ4n) is 3.25. The van der Waals surface area contributed by atoms with Crippen LogP contribution in [0.5, 0.6) is 0 Å². The number of hydrogen-bond donors (Lipinski definition) is 1. The molecule has 2 atom stereocenters. The minimum absolute atomic E-state index is 0.155. The van der Waals surface area contributed by atoms with Crippen LogP contribution in [0.15, 0.2) is 18.5 Å². The quantitative estimate of drug-likeness (QED) is 0.882. The van der Waals surface area contributed by atoms with Gasteiger partial charge in [-0.15, -0.1) is 0 Å². The Morgan fingerprint density at radius 3 is 3.05 bits per heavy atom. The standard InChI is InChI=1S/C14H19N3O2/c1-2-10-5-12(7-15-6-10)16-8-11-3-4-17(14(18)19)13(11)9-16/h5-7,11,13H,2-4,8-9H2,1H3,(H,18,19)/t11-,13+/m1/s1. The van der Waals surface area contributed by atoms with E-state index < -0.39 is 6.09 Å². The highest BCUT2D eigenvalue weighted by atomic mass is 16.4. The number of amides is 1. The summed E-state index contributed by atoms with van der Waals surface area (Å²) >= 11 is 0. The highest BCUT2D eigenvalue weighted by molar-refractivity contribution is 5.66. The third kappa shape index (κ3) is 2.13. The van der Waals surface area contributed by atoms with E-state index in [0.717, 1.165) is 31.6 Å². The fourth-order valence-corrected chi connectivity index (χ4v) is 3.25. The summed E-state index contributed by atoms with van der Waals surface area (Å²) in [6.45, 7) is 4.55. The van der Waals surface area contributed by atoms with Crippen LogP contribution in [0.1, 0.15) is 18.9 Å². The average Bonchev–Trinajstić information content (AvgIpc) is 2.98. The van der Waals surface area contributed by atoms with Crippen LogP contribution < -0.4 is 4.90 Å². The maximum Gasteiger partial charge on any atom is 0.407 e. The van der Waals surface area contributed by atoms with Gasteiger partial charge in [0, 0.05) is 31.7 Å². The molecule has 3 rings (SSSR count). The highest BCUT2D eigenvalue weighted by Crippen LogP contribution is 2.34. The maximum atomic E-state index is 11.2. The van der Waals surface area contributed by atoms with Crippen LogP contribution in [-0.2, 0) is 6.42 Å². The van der Waals surface area contributed by atoms with E-state index in [0.29, 0.717) is 12.5 Å². The summed E-state index contributed by atoms with van der Waals surface area (Å²) in [6.07, 6.45) is 4.95. The second-order valence-electron chi connectivity index (χ2n) is 5.40. The van der Waals surface area contributed by atoms with Gasteiger partial charge in [-0.1, -0.05) is 6.92 Å². The summed E-state index contributed by atoms with van der Waals surface area (Å²) in [5.74, 6) is 0.474. The lowest BCUT2D eigenvalue weighted by atomic mass is 10.1. The van der Waals surface area contributed by atoms with Crippen molar-refractivity contribution in [2.75, 3.05) is 24.5 Å². The van der Waals surface area contributed by atoms with Crippen LogP contribution in [0.3, 0.4) is 0 Å². The van der Waals surface area contributed by atoms with Gasteiger partial charge in [-0.3, -0.25) is 4.98 Å². The lowest BCUT2D eigenvalue weighted by Gasteiger charge is -2.23. The molecule has 0 radical (unpaired) electrons. The van der Waals surface area contributed by atoms with E-state index in [1.54, 1.807) is 4.90 Å². The van der Waals surface area contributed by atoms with Gasteiger partial charge in [0.1, 0.15) is 0 Å². The number of rotatable bonds is 2. The first-order valence-electron chi connectivity index (χ1n) is 6.87. The first-order chi connectivity index (χ1) is 9.19. The number of aromatic nitrogens is 1. The van der Waals surface area contributed by atoms with Gasteiger partial charge in [-0.2, -0.15) is 0 Å². The predicted molar refractivity (Wildman–Crippen MR) is 72.5 cm³/mol. The normalized spacial score (nSPS) is 25.7. The van der Waals surface area contributed by atoms with Crippen LogP contribution in [-0.4, -0.2) is 46.8 Å². The van der Waals surface area contributed by atoms with E-state index in [1.165, 1.54) is 5.56 Å². The Balaban J connectivity index is 1.77. The molecule has 0 saturated carbocycles. The van der Waals surface area contributed by atoms with Gasteiger partial charge in [0.25, 0.3) is 0 Å². The molecule has 0 aliphatic carbocycles. The monoisotopic (exact) mass is 261 g/mol. The van der Waals surface area contributed by atoms with Gasteiger partial charge < -0.3 is 14.9 Å². The molecular formula is C14H19N3O2. The molecule has 1 aromatic heterocycles. The van der Waals surface area contributed by atoms with Crippen LogP contribution in [0, 0.1) is 5.92 Å². The summed E-state index contributed by atoms with van der Waals surface area (Å²) in [4.78, 5) is 19.3. The lowest BCUT2D eigenvalue weighted by molar-refractivity contribution is 0.140. The number of nitrogens with zero attached hydrogens (tertiary/aromatic N) is 3. The predicted octanol–water partition coefficient (Wildman–Crippen LogP) is 1.83. The smallest absolute Gasteiger partial charge is 0.407 e. The Hall–Kier alpha value is -1.78. The van der Waals surface area contributed by atoms with Crippen molar-refractivity contribution in [1.29, 1.82) is 0 Å². The molecule has 0 aromatic carbocycles. The lowest BCUT2D eigenvalue weighted by Crippen LogP contribution is -2.38. The van der Waals surface area contributed by atoms with Gasteiger partial charge in [0.05, 0.1) is 17.9 Å². The Labute approximate surface area is 112 Å². The van der Waals surface area contributed by atoms with Gasteiger partial charge >= 0.3 is 6.09 Å². The van der Waals surface area contributed by atoms with E-state index in [9.17, 15) is 9.90 Å². The van der Waals surface area contributed by atoms with E-state index >= 15 is 0 Å². The number of carboxylic acid groups (broad SMARTS) is 1. The fraction of sp³-hybridized carbons (Fsp3) is 0.571. The molecule has 0 unspecified atom stereocenters. The highest BCUT2D eigenvalue weighted by Gasteiger charge is 2.43. The summed E-state index contributed by atoms with van der Waals surface area (Å²) in [7, 11) is 0. The molecule has 102 valence electrons. The van der Waals surface area contributed by atoms with E-state index in [-0.39, 0.29) is 6.04 Å². The molecule has 1 amide bonds. The second-order valence-corrected chi connectivity index (χ2v) is 5.40. The number of carbonyl (C=O) groups is 1. The number of likely N-dealkylation sites (tertiary alicyclic amines) is 1. The molecule has 5 heteroatoms. The Bertz CT molecular complexity index is 491. The van der Waals surface area contributed by atoms with Gasteiger partial charge in [0.2, 0.25) is 0 Å². The van der Waals surface area contributed by atoms with E-state index in [1.807, 2.05) is 12.4 Å². The van der Waals surface area contributed by atoms with Crippen LogP contribution >= 0.6 is 0 Å². The van der Waals surface area contributed by atoms with Crippen molar-refractivity contribution >= 4 is 11.8 Å².